The Labute approximate surface area is 102 Å². The molecule has 1 fully saturated rings. The van der Waals surface area contributed by atoms with Crippen LogP contribution in [0.25, 0.3) is 0 Å². The molecule has 1 saturated carbocycles. The number of hydrogen-bond donors (Lipinski definition) is 2. The Hall–Kier alpha value is -1.00. The highest BCUT2D eigenvalue weighted by molar-refractivity contribution is 5.11. The lowest BCUT2D eigenvalue weighted by molar-refractivity contribution is 0.221. The average molecular weight is 237 g/mol. The fourth-order valence-electron chi connectivity index (χ4n) is 2.82. The largest absolute Gasteiger partial charge is 0.271 e. The van der Waals surface area contributed by atoms with Gasteiger partial charge in [0.25, 0.3) is 0 Å². The van der Waals surface area contributed by atoms with Crippen LogP contribution < -0.4 is 11.3 Å². The molecule has 94 valence electrons. The van der Waals surface area contributed by atoms with E-state index in [1.807, 2.05) is 0 Å². The number of rotatable bonds is 3. The van der Waals surface area contributed by atoms with Crippen molar-refractivity contribution in [3.05, 3.63) is 29.8 Å². The van der Waals surface area contributed by atoms with Crippen molar-refractivity contribution in [1.82, 2.24) is 10.4 Å². The Morgan fingerprint density at radius 3 is 2.88 bits per heavy atom. The van der Waals surface area contributed by atoms with Gasteiger partial charge in [-0.15, -0.1) is 0 Å². The lowest BCUT2D eigenvalue weighted by atomic mass is 9.78. The van der Waals surface area contributed by atoms with E-state index in [0.717, 1.165) is 24.5 Å². The SMILES string of the molecule is CC1CCCC(C(NN)c2ccc(F)cn2)C1. The molecule has 17 heavy (non-hydrogen) atoms. The molecule has 1 aromatic heterocycles. The zero-order valence-corrected chi connectivity index (χ0v) is 10.2. The predicted octanol–water partition coefficient (Wildman–Crippen LogP) is 2.55. The van der Waals surface area contributed by atoms with Gasteiger partial charge in [-0.05, 0) is 36.8 Å². The summed E-state index contributed by atoms with van der Waals surface area (Å²) in [5.74, 6) is 6.57. The Morgan fingerprint density at radius 1 is 1.47 bits per heavy atom. The molecule has 1 aliphatic carbocycles. The van der Waals surface area contributed by atoms with Gasteiger partial charge >= 0.3 is 0 Å². The molecule has 4 heteroatoms. The first-order chi connectivity index (χ1) is 8.20. The maximum Gasteiger partial charge on any atom is 0.141 e. The minimum atomic E-state index is -0.304. The molecule has 2 rings (SSSR count). The second kappa shape index (κ2) is 5.56. The summed E-state index contributed by atoms with van der Waals surface area (Å²) in [6.45, 7) is 2.28. The second-order valence-electron chi connectivity index (χ2n) is 5.08. The number of halogens is 1. The van der Waals surface area contributed by atoms with E-state index in [9.17, 15) is 4.39 Å². The zero-order valence-electron chi connectivity index (χ0n) is 10.2. The standard InChI is InChI=1S/C13H20FN3/c1-9-3-2-4-10(7-9)13(17-15)12-6-5-11(14)8-16-12/h5-6,8-10,13,17H,2-4,7,15H2,1H3. The van der Waals surface area contributed by atoms with Gasteiger partial charge in [-0.3, -0.25) is 16.3 Å². The summed E-state index contributed by atoms with van der Waals surface area (Å²) in [6.07, 6.45) is 6.12. The lowest BCUT2D eigenvalue weighted by Crippen LogP contribution is -2.36. The van der Waals surface area contributed by atoms with Crippen LogP contribution in [0.3, 0.4) is 0 Å². The van der Waals surface area contributed by atoms with Gasteiger partial charge in [0.1, 0.15) is 5.82 Å². The van der Waals surface area contributed by atoms with Crippen LogP contribution in [-0.2, 0) is 0 Å². The molecule has 3 nitrogen and oxygen atoms in total. The van der Waals surface area contributed by atoms with E-state index in [-0.39, 0.29) is 11.9 Å². The number of nitrogens with two attached hydrogens (primary N) is 1. The summed E-state index contributed by atoms with van der Waals surface area (Å²) in [4.78, 5) is 4.13. The highest BCUT2D eigenvalue weighted by Crippen LogP contribution is 2.36. The molecular weight excluding hydrogens is 217 g/mol. The first-order valence-corrected chi connectivity index (χ1v) is 6.28. The summed E-state index contributed by atoms with van der Waals surface area (Å²) in [6, 6.07) is 3.20. The third kappa shape index (κ3) is 3.01. The highest BCUT2D eigenvalue weighted by atomic mass is 19.1. The van der Waals surface area contributed by atoms with E-state index in [2.05, 4.69) is 17.3 Å². The van der Waals surface area contributed by atoms with Crippen molar-refractivity contribution in [2.45, 2.75) is 38.6 Å². The Kier molecular flexibility index (Phi) is 4.07. The lowest BCUT2D eigenvalue weighted by Gasteiger charge is -2.32. The molecule has 1 aromatic rings. The molecule has 0 radical (unpaired) electrons. The molecule has 0 aliphatic heterocycles. The number of pyridine rings is 1. The predicted molar refractivity (Wildman–Crippen MR) is 65.4 cm³/mol. The van der Waals surface area contributed by atoms with Crippen molar-refractivity contribution in [2.24, 2.45) is 17.7 Å². The van der Waals surface area contributed by atoms with Crippen molar-refractivity contribution < 1.29 is 4.39 Å². The van der Waals surface area contributed by atoms with Gasteiger partial charge in [0.15, 0.2) is 0 Å². The molecule has 1 aliphatic rings. The smallest absolute Gasteiger partial charge is 0.141 e. The minimum Gasteiger partial charge on any atom is -0.271 e. The van der Waals surface area contributed by atoms with Gasteiger partial charge in [0, 0.05) is 0 Å². The monoisotopic (exact) mass is 237 g/mol. The van der Waals surface area contributed by atoms with Crippen LogP contribution in [0.5, 0.6) is 0 Å². The fraction of sp³-hybridized carbons (Fsp3) is 0.615. The molecule has 3 unspecified atom stereocenters. The van der Waals surface area contributed by atoms with Crippen LogP contribution in [0.15, 0.2) is 18.3 Å². The molecular formula is C13H20FN3. The van der Waals surface area contributed by atoms with E-state index in [1.165, 1.54) is 25.1 Å². The number of hydrogen-bond acceptors (Lipinski definition) is 3. The summed E-state index contributed by atoms with van der Waals surface area (Å²) in [7, 11) is 0. The van der Waals surface area contributed by atoms with Crippen LogP contribution in [-0.4, -0.2) is 4.98 Å². The number of nitrogens with one attached hydrogen (secondary N) is 1. The van der Waals surface area contributed by atoms with Gasteiger partial charge in [0.2, 0.25) is 0 Å². The molecule has 0 amide bonds. The van der Waals surface area contributed by atoms with Crippen LogP contribution >= 0.6 is 0 Å². The number of hydrazine groups is 1. The third-order valence-electron chi connectivity index (χ3n) is 3.70. The second-order valence-corrected chi connectivity index (χ2v) is 5.08. The van der Waals surface area contributed by atoms with Gasteiger partial charge in [-0.1, -0.05) is 19.8 Å². The van der Waals surface area contributed by atoms with Crippen molar-refractivity contribution in [3.8, 4) is 0 Å². The maximum absolute atomic E-state index is 12.8. The number of nitrogens with zero attached hydrogens (tertiary/aromatic N) is 1. The highest BCUT2D eigenvalue weighted by Gasteiger charge is 2.27. The van der Waals surface area contributed by atoms with Crippen LogP contribution in [0.4, 0.5) is 4.39 Å². The van der Waals surface area contributed by atoms with E-state index in [0.29, 0.717) is 5.92 Å². The Morgan fingerprint density at radius 2 is 2.29 bits per heavy atom. The van der Waals surface area contributed by atoms with Crippen molar-refractivity contribution in [3.63, 3.8) is 0 Å². The van der Waals surface area contributed by atoms with E-state index in [4.69, 9.17) is 5.84 Å². The summed E-state index contributed by atoms with van der Waals surface area (Å²) >= 11 is 0. The topological polar surface area (TPSA) is 50.9 Å². The molecule has 3 N–H and O–H groups in total. The first kappa shape index (κ1) is 12.5. The maximum atomic E-state index is 12.8. The van der Waals surface area contributed by atoms with Crippen molar-refractivity contribution in [1.29, 1.82) is 0 Å². The van der Waals surface area contributed by atoms with Crippen LogP contribution in [0.2, 0.25) is 0 Å². The molecule has 0 spiro atoms. The van der Waals surface area contributed by atoms with Crippen molar-refractivity contribution in [2.75, 3.05) is 0 Å². The summed E-state index contributed by atoms with van der Waals surface area (Å²) in [5, 5.41) is 0. The van der Waals surface area contributed by atoms with Gasteiger partial charge in [-0.25, -0.2) is 4.39 Å². The van der Waals surface area contributed by atoms with Gasteiger partial charge < -0.3 is 0 Å². The van der Waals surface area contributed by atoms with E-state index < -0.39 is 0 Å². The first-order valence-electron chi connectivity index (χ1n) is 6.28. The average Bonchev–Trinajstić information content (AvgIpc) is 2.33. The fourth-order valence-corrected chi connectivity index (χ4v) is 2.82. The van der Waals surface area contributed by atoms with Crippen molar-refractivity contribution >= 4 is 0 Å². The van der Waals surface area contributed by atoms with E-state index >= 15 is 0 Å². The third-order valence-corrected chi connectivity index (χ3v) is 3.70. The minimum absolute atomic E-state index is 0.0401. The Bertz CT molecular complexity index is 352. The van der Waals surface area contributed by atoms with E-state index in [1.54, 1.807) is 6.07 Å². The summed E-state index contributed by atoms with van der Waals surface area (Å²) < 4.78 is 12.8. The van der Waals surface area contributed by atoms with Gasteiger partial charge in [-0.2, -0.15) is 0 Å². The molecule has 0 saturated heterocycles. The molecule has 1 heterocycles. The molecule has 3 atom stereocenters. The Balaban J connectivity index is 2.12. The van der Waals surface area contributed by atoms with Crippen LogP contribution in [0.1, 0.15) is 44.3 Å². The molecule has 0 aromatic carbocycles. The summed E-state index contributed by atoms with van der Waals surface area (Å²) in [5.41, 5.74) is 3.68. The zero-order chi connectivity index (χ0) is 12.3. The number of aromatic nitrogens is 1. The quantitative estimate of drug-likeness (QED) is 0.627. The normalized spacial score (nSPS) is 26.8. The van der Waals surface area contributed by atoms with Gasteiger partial charge in [0.05, 0.1) is 17.9 Å². The molecule has 0 bridgehead atoms. The van der Waals surface area contributed by atoms with Crippen LogP contribution in [0, 0.1) is 17.7 Å².